The molecule has 1 aromatic rings. The number of aryl methyl sites for hydroxylation is 1. The Hall–Kier alpha value is -1.30. The Labute approximate surface area is 91.5 Å². The molecule has 0 aromatic carbocycles. The fraction of sp³-hybridized carbons (Fsp3) is 0.444. The van der Waals surface area contributed by atoms with E-state index in [-0.39, 0.29) is 11.3 Å². The molecule has 1 aromatic heterocycles. The number of primary amides is 1. The molecule has 0 radical (unpaired) electrons. The largest absolute Gasteiger partial charge is 0.369 e. The highest BCUT2D eigenvalue weighted by molar-refractivity contribution is 7.99. The van der Waals surface area contributed by atoms with Crippen LogP contribution in [0.4, 0.5) is 0 Å². The molecule has 0 atom stereocenters. The Morgan fingerprint density at radius 2 is 2.27 bits per heavy atom. The summed E-state index contributed by atoms with van der Waals surface area (Å²) in [7, 11) is 0. The molecule has 1 rings (SSSR count). The van der Waals surface area contributed by atoms with Crippen molar-refractivity contribution in [2.24, 2.45) is 5.73 Å². The predicted molar refractivity (Wildman–Crippen MR) is 58.9 cm³/mol. The predicted octanol–water partition coefficient (Wildman–Crippen LogP) is 0.218. The summed E-state index contributed by atoms with van der Waals surface area (Å²) in [6, 6.07) is 0. The minimum Gasteiger partial charge on any atom is -0.369 e. The van der Waals surface area contributed by atoms with Crippen LogP contribution in [0.25, 0.3) is 0 Å². The van der Waals surface area contributed by atoms with Crippen molar-refractivity contribution in [1.29, 1.82) is 0 Å². The summed E-state index contributed by atoms with van der Waals surface area (Å²) in [6.45, 7) is 3.66. The number of nitrogens with two attached hydrogens (primary N) is 1. The minimum atomic E-state index is -0.429. The van der Waals surface area contributed by atoms with Crippen LogP contribution in [0.3, 0.4) is 0 Å². The summed E-state index contributed by atoms with van der Waals surface area (Å²) < 4.78 is 0. The van der Waals surface area contributed by atoms with Gasteiger partial charge in [0.1, 0.15) is 0 Å². The fourth-order valence-corrected chi connectivity index (χ4v) is 1.73. The normalized spacial score (nSPS) is 10.3. The van der Waals surface area contributed by atoms with Crippen molar-refractivity contribution in [3.63, 3.8) is 0 Å². The molecule has 15 heavy (non-hydrogen) atoms. The van der Waals surface area contributed by atoms with Crippen LogP contribution >= 0.6 is 11.8 Å². The second-order valence-electron chi connectivity index (χ2n) is 3.05. The molecular weight excluding hydrogens is 214 g/mol. The van der Waals surface area contributed by atoms with E-state index in [4.69, 9.17) is 5.73 Å². The molecule has 0 unspecified atom stereocenters. The lowest BCUT2D eigenvalue weighted by Gasteiger charge is -2.04. The molecule has 5 nitrogen and oxygen atoms in total. The number of rotatable bonds is 4. The first-order chi connectivity index (χ1) is 7.04. The third-order valence-electron chi connectivity index (χ3n) is 1.92. The van der Waals surface area contributed by atoms with E-state index in [9.17, 15) is 9.59 Å². The van der Waals surface area contributed by atoms with E-state index >= 15 is 0 Å². The standard InChI is InChI=1S/C9H13N3O2S/c1-3-6-5(2)8(14)12-9(11-6)15-4-7(10)13/h3-4H2,1-2H3,(H2,10,13)(H,11,12,14). The molecule has 0 fully saturated rings. The van der Waals surface area contributed by atoms with Gasteiger partial charge in [0.15, 0.2) is 5.16 Å². The van der Waals surface area contributed by atoms with Gasteiger partial charge in [-0.2, -0.15) is 0 Å². The lowest BCUT2D eigenvalue weighted by atomic mass is 10.2. The van der Waals surface area contributed by atoms with Crippen molar-refractivity contribution in [3.8, 4) is 0 Å². The van der Waals surface area contributed by atoms with Crippen LogP contribution in [0.1, 0.15) is 18.2 Å². The zero-order valence-corrected chi connectivity index (χ0v) is 9.48. The Morgan fingerprint density at radius 1 is 1.60 bits per heavy atom. The number of hydrogen-bond donors (Lipinski definition) is 2. The number of amides is 1. The highest BCUT2D eigenvalue weighted by atomic mass is 32.2. The number of nitrogens with one attached hydrogen (secondary N) is 1. The van der Waals surface area contributed by atoms with Crippen molar-refractivity contribution >= 4 is 17.7 Å². The van der Waals surface area contributed by atoms with Gasteiger partial charge in [0.05, 0.1) is 11.4 Å². The molecule has 0 saturated heterocycles. The zero-order valence-electron chi connectivity index (χ0n) is 8.66. The van der Waals surface area contributed by atoms with E-state index in [2.05, 4.69) is 9.97 Å². The van der Waals surface area contributed by atoms with E-state index in [0.29, 0.717) is 17.1 Å². The molecular formula is C9H13N3O2S. The molecule has 82 valence electrons. The molecule has 1 heterocycles. The zero-order chi connectivity index (χ0) is 11.4. The molecule has 3 N–H and O–H groups in total. The summed E-state index contributed by atoms with van der Waals surface area (Å²) in [5.74, 6) is -0.309. The summed E-state index contributed by atoms with van der Waals surface area (Å²) in [5.41, 5.74) is 6.22. The van der Waals surface area contributed by atoms with Crippen LogP contribution in [-0.2, 0) is 11.2 Å². The van der Waals surface area contributed by atoms with Gasteiger partial charge < -0.3 is 10.7 Å². The second-order valence-corrected chi connectivity index (χ2v) is 4.02. The number of carbonyl (C=O) groups is 1. The van der Waals surface area contributed by atoms with E-state index in [1.165, 1.54) is 0 Å². The Balaban J connectivity index is 2.96. The third-order valence-corrected chi connectivity index (χ3v) is 2.81. The quantitative estimate of drug-likeness (QED) is 0.568. The van der Waals surface area contributed by atoms with Gasteiger partial charge in [0.25, 0.3) is 5.56 Å². The smallest absolute Gasteiger partial charge is 0.254 e. The van der Waals surface area contributed by atoms with Gasteiger partial charge in [0, 0.05) is 5.56 Å². The van der Waals surface area contributed by atoms with Crippen LogP contribution in [0.5, 0.6) is 0 Å². The molecule has 6 heteroatoms. The number of nitrogens with zero attached hydrogens (tertiary/aromatic N) is 1. The summed E-state index contributed by atoms with van der Waals surface area (Å²) in [5, 5.41) is 0.446. The number of carbonyl (C=O) groups excluding carboxylic acids is 1. The maximum atomic E-state index is 11.4. The highest BCUT2D eigenvalue weighted by Gasteiger charge is 2.06. The molecule has 0 spiro atoms. The number of thioether (sulfide) groups is 1. The Bertz CT molecular complexity index is 428. The number of aromatic amines is 1. The first kappa shape index (κ1) is 11.8. The monoisotopic (exact) mass is 227 g/mol. The van der Waals surface area contributed by atoms with Crippen LogP contribution in [0.2, 0.25) is 0 Å². The van der Waals surface area contributed by atoms with Crippen LogP contribution in [-0.4, -0.2) is 21.6 Å². The second kappa shape index (κ2) is 4.97. The average Bonchev–Trinajstić information content (AvgIpc) is 2.19. The van der Waals surface area contributed by atoms with Crippen molar-refractivity contribution in [2.75, 3.05) is 5.75 Å². The van der Waals surface area contributed by atoms with Crippen molar-refractivity contribution in [3.05, 3.63) is 21.6 Å². The SMILES string of the molecule is CCc1nc(SCC(N)=O)[nH]c(=O)c1C. The first-order valence-corrected chi connectivity index (χ1v) is 5.54. The van der Waals surface area contributed by atoms with Gasteiger partial charge in [-0.05, 0) is 13.3 Å². The Kier molecular flexibility index (Phi) is 3.90. The van der Waals surface area contributed by atoms with Crippen LogP contribution in [0, 0.1) is 6.92 Å². The van der Waals surface area contributed by atoms with E-state index in [1.807, 2.05) is 6.92 Å². The van der Waals surface area contributed by atoms with Crippen molar-refractivity contribution in [1.82, 2.24) is 9.97 Å². The lowest BCUT2D eigenvalue weighted by Crippen LogP contribution is -2.17. The van der Waals surface area contributed by atoms with Gasteiger partial charge in [0.2, 0.25) is 5.91 Å². The maximum absolute atomic E-state index is 11.4. The summed E-state index contributed by atoms with van der Waals surface area (Å²) >= 11 is 1.14. The third kappa shape index (κ3) is 3.09. The molecule has 0 bridgehead atoms. The average molecular weight is 227 g/mol. The van der Waals surface area contributed by atoms with E-state index < -0.39 is 5.91 Å². The van der Waals surface area contributed by atoms with Gasteiger partial charge >= 0.3 is 0 Å². The van der Waals surface area contributed by atoms with Gasteiger partial charge in [-0.3, -0.25) is 9.59 Å². The van der Waals surface area contributed by atoms with Crippen LogP contribution in [0.15, 0.2) is 9.95 Å². The van der Waals surface area contributed by atoms with E-state index in [0.717, 1.165) is 17.5 Å². The minimum absolute atomic E-state index is 0.120. The topological polar surface area (TPSA) is 88.8 Å². The molecule has 0 saturated carbocycles. The molecule has 1 amide bonds. The number of hydrogen-bond acceptors (Lipinski definition) is 4. The van der Waals surface area contributed by atoms with Gasteiger partial charge in [-0.1, -0.05) is 18.7 Å². The maximum Gasteiger partial charge on any atom is 0.254 e. The van der Waals surface area contributed by atoms with E-state index in [1.54, 1.807) is 6.92 Å². The molecule has 0 aliphatic heterocycles. The van der Waals surface area contributed by atoms with Gasteiger partial charge in [-0.25, -0.2) is 4.98 Å². The number of H-pyrrole nitrogens is 1. The van der Waals surface area contributed by atoms with Crippen LogP contribution < -0.4 is 11.3 Å². The van der Waals surface area contributed by atoms with Crippen molar-refractivity contribution in [2.45, 2.75) is 25.4 Å². The molecule has 0 aliphatic rings. The first-order valence-electron chi connectivity index (χ1n) is 4.55. The summed E-state index contributed by atoms with van der Waals surface area (Å²) in [4.78, 5) is 28.8. The highest BCUT2D eigenvalue weighted by Crippen LogP contribution is 2.12. The van der Waals surface area contributed by atoms with Gasteiger partial charge in [-0.15, -0.1) is 0 Å². The summed E-state index contributed by atoms with van der Waals surface area (Å²) in [6.07, 6.45) is 0.694. The number of aromatic nitrogens is 2. The Morgan fingerprint density at radius 3 is 2.80 bits per heavy atom. The molecule has 0 aliphatic carbocycles. The fourth-order valence-electron chi connectivity index (χ4n) is 1.11. The lowest BCUT2D eigenvalue weighted by molar-refractivity contribution is -0.115. The van der Waals surface area contributed by atoms with Crippen molar-refractivity contribution < 1.29 is 4.79 Å².